The average molecular weight is 315 g/mol. The number of amides is 1. The van der Waals surface area contributed by atoms with E-state index in [1.807, 2.05) is 0 Å². The molecule has 1 saturated carbocycles. The number of para-hydroxylation sites is 1. The van der Waals surface area contributed by atoms with Gasteiger partial charge in [0.25, 0.3) is 0 Å². The summed E-state index contributed by atoms with van der Waals surface area (Å²) in [6, 6.07) is 5.50. The lowest BCUT2D eigenvalue weighted by Crippen LogP contribution is -2.31. The van der Waals surface area contributed by atoms with E-state index in [1.165, 1.54) is 24.3 Å². The zero-order chi connectivity index (χ0) is 16.2. The van der Waals surface area contributed by atoms with Gasteiger partial charge in [0.05, 0.1) is 11.3 Å². The fourth-order valence-corrected chi connectivity index (χ4v) is 2.36. The van der Waals surface area contributed by atoms with E-state index in [-0.39, 0.29) is 17.4 Å². The third-order valence-corrected chi connectivity index (χ3v) is 3.48. The molecule has 1 aliphatic carbocycles. The standard InChI is InChI=1S/C15H16F3NO3/c16-15(17,18)14(21)19-12-9-5-4-8-11(12)13(20)22-10-6-2-1-3-7-10/h4-5,8-10H,1-3,6-7H2,(H,19,21). The number of carbonyl (C=O) groups is 2. The average Bonchev–Trinajstić information content (AvgIpc) is 2.47. The fraction of sp³-hybridized carbons (Fsp3) is 0.467. The number of hydrogen-bond acceptors (Lipinski definition) is 3. The third-order valence-electron chi connectivity index (χ3n) is 3.48. The molecule has 4 nitrogen and oxygen atoms in total. The summed E-state index contributed by atoms with van der Waals surface area (Å²) in [4.78, 5) is 23.1. The maximum Gasteiger partial charge on any atom is 0.471 e. The normalized spacial score (nSPS) is 16.1. The molecule has 1 N–H and O–H groups in total. The van der Waals surface area contributed by atoms with Gasteiger partial charge in [0, 0.05) is 0 Å². The summed E-state index contributed by atoms with van der Waals surface area (Å²) in [7, 11) is 0. The summed E-state index contributed by atoms with van der Waals surface area (Å²) in [6.07, 6.45) is -0.708. The van der Waals surface area contributed by atoms with Crippen molar-refractivity contribution in [1.29, 1.82) is 0 Å². The van der Waals surface area contributed by atoms with Crippen molar-refractivity contribution in [1.82, 2.24) is 0 Å². The van der Waals surface area contributed by atoms with Crippen molar-refractivity contribution in [3.05, 3.63) is 29.8 Å². The van der Waals surface area contributed by atoms with Crippen molar-refractivity contribution in [3.63, 3.8) is 0 Å². The minimum atomic E-state index is -5.01. The molecule has 0 radical (unpaired) electrons. The molecule has 0 spiro atoms. The van der Waals surface area contributed by atoms with Crippen LogP contribution in [0.1, 0.15) is 42.5 Å². The second kappa shape index (κ2) is 6.81. The summed E-state index contributed by atoms with van der Waals surface area (Å²) in [5.74, 6) is -2.84. The minimum Gasteiger partial charge on any atom is -0.459 e. The summed E-state index contributed by atoms with van der Waals surface area (Å²) in [5.41, 5.74) is -0.281. The molecule has 0 atom stereocenters. The number of nitrogens with one attached hydrogen (secondary N) is 1. The molecule has 0 bridgehead atoms. The number of carbonyl (C=O) groups excluding carboxylic acids is 2. The summed E-state index contributed by atoms with van der Waals surface area (Å²) < 4.78 is 42.3. The summed E-state index contributed by atoms with van der Waals surface area (Å²) in [6.45, 7) is 0. The molecule has 1 aromatic rings. The molecule has 0 saturated heterocycles. The number of alkyl halides is 3. The molecule has 1 amide bonds. The van der Waals surface area contributed by atoms with Crippen LogP contribution in [0, 0.1) is 0 Å². The van der Waals surface area contributed by atoms with Crippen LogP contribution in [0.3, 0.4) is 0 Å². The van der Waals surface area contributed by atoms with Gasteiger partial charge in [-0.3, -0.25) is 4.79 Å². The van der Waals surface area contributed by atoms with Crippen LogP contribution in [0.4, 0.5) is 18.9 Å². The van der Waals surface area contributed by atoms with Crippen LogP contribution in [-0.2, 0) is 9.53 Å². The van der Waals surface area contributed by atoms with Gasteiger partial charge in [0.1, 0.15) is 6.10 Å². The van der Waals surface area contributed by atoms with Gasteiger partial charge in [-0.25, -0.2) is 4.79 Å². The predicted octanol–water partition coefficient (Wildman–Crippen LogP) is 3.68. The summed E-state index contributed by atoms with van der Waals surface area (Å²) >= 11 is 0. The lowest BCUT2D eigenvalue weighted by Gasteiger charge is -2.22. The Balaban J connectivity index is 2.10. The van der Waals surface area contributed by atoms with Gasteiger partial charge >= 0.3 is 18.1 Å². The van der Waals surface area contributed by atoms with E-state index in [2.05, 4.69) is 0 Å². The number of hydrogen-bond donors (Lipinski definition) is 1. The Morgan fingerprint density at radius 2 is 1.73 bits per heavy atom. The lowest BCUT2D eigenvalue weighted by molar-refractivity contribution is -0.167. The van der Waals surface area contributed by atoms with Crippen LogP contribution in [0.15, 0.2) is 24.3 Å². The van der Waals surface area contributed by atoms with Crippen LogP contribution in [0.25, 0.3) is 0 Å². The zero-order valence-corrected chi connectivity index (χ0v) is 11.8. The second-order valence-electron chi connectivity index (χ2n) is 5.16. The highest BCUT2D eigenvalue weighted by atomic mass is 19.4. The summed E-state index contributed by atoms with van der Waals surface area (Å²) in [5, 5.41) is 1.70. The Bertz CT molecular complexity index is 551. The van der Waals surface area contributed by atoms with Crippen molar-refractivity contribution >= 4 is 17.6 Å². The van der Waals surface area contributed by atoms with E-state index in [0.717, 1.165) is 32.1 Å². The fourth-order valence-electron chi connectivity index (χ4n) is 2.36. The number of halogens is 3. The van der Waals surface area contributed by atoms with E-state index in [4.69, 9.17) is 4.74 Å². The monoisotopic (exact) mass is 315 g/mol. The van der Waals surface area contributed by atoms with Gasteiger partial charge in [0.15, 0.2) is 0 Å². The highest BCUT2D eigenvalue weighted by Gasteiger charge is 2.39. The topological polar surface area (TPSA) is 55.4 Å². The van der Waals surface area contributed by atoms with Crippen molar-refractivity contribution in [2.24, 2.45) is 0 Å². The zero-order valence-electron chi connectivity index (χ0n) is 11.8. The Hall–Kier alpha value is -2.05. The van der Waals surface area contributed by atoms with E-state index in [1.54, 1.807) is 5.32 Å². The molecule has 0 heterocycles. The van der Waals surface area contributed by atoms with Crippen molar-refractivity contribution in [3.8, 4) is 0 Å². The van der Waals surface area contributed by atoms with Crippen molar-refractivity contribution in [2.45, 2.75) is 44.4 Å². The molecule has 0 unspecified atom stereocenters. The maximum absolute atomic E-state index is 12.3. The number of ether oxygens (including phenoxy) is 1. The van der Waals surface area contributed by atoms with Crippen molar-refractivity contribution < 1.29 is 27.5 Å². The first-order valence-electron chi connectivity index (χ1n) is 7.06. The largest absolute Gasteiger partial charge is 0.471 e. The number of esters is 1. The van der Waals surface area contributed by atoms with Crippen LogP contribution in [0.2, 0.25) is 0 Å². The first kappa shape index (κ1) is 16.3. The third kappa shape index (κ3) is 4.22. The molecule has 0 aromatic heterocycles. The molecule has 0 aliphatic heterocycles. The molecule has 120 valence electrons. The quantitative estimate of drug-likeness (QED) is 0.866. The SMILES string of the molecule is O=C(OC1CCCCC1)c1ccccc1NC(=O)C(F)(F)F. The predicted molar refractivity (Wildman–Crippen MR) is 73.4 cm³/mol. The molecule has 1 aromatic carbocycles. The van der Waals surface area contributed by atoms with Gasteiger partial charge in [-0.05, 0) is 37.8 Å². The highest BCUT2D eigenvalue weighted by molar-refractivity contribution is 6.02. The molecule has 2 rings (SSSR count). The first-order chi connectivity index (χ1) is 10.4. The Kier molecular flexibility index (Phi) is 5.05. The van der Waals surface area contributed by atoms with E-state index >= 15 is 0 Å². The second-order valence-corrected chi connectivity index (χ2v) is 5.16. The van der Waals surface area contributed by atoms with E-state index in [9.17, 15) is 22.8 Å². The van der Waals surface area contributed by atoms with E-state index in [0.29, 0.717) is 0 Å². The molecular weight excluding hydrogens is 299 g/mol. The van der Waals surface area contributed by atoms with Crippen molar-refractivity contribution in [2.75, 3.05) is 5.32 Å². The maximum atomic E-state index is 12.3. The van der Waals surface area contributed by atoms with Gasteiger partial charge in [-0.1, -0.05) is 18.6 Å². The van der Waals surface area contributed by atoms with Gasteiger partial charge in [-0.15, -0.1) is 0 Å². The van der Waals surface area contributed by atoms with Crippen LogP contribution < -0.4 is 5.32 Å². The molecule has 22 heavy (non-hydrogen) atoms. The van der Waals surface area contributed by atoms with Gasteiger partial charge in [0.2, 0.25) is 0 Å². The molecular formula is C15H16F3NO3. The van der Waals surface area contributed by atoms with Crippen LogP contribution in [-0.4, -0.2) is 24.2 Å². The number of rotatable bonds is 3. The Morgan fingerprint density at radius 1 is 1.09 bits per heavy atom. The molecule has 1 aliphatic rings. The number of anilines is 1. The van der Waals surface area contributed by atoms with Crippen LogP contribution in [0.5, 0.6) is 0 Å². The minimum absolute atomic E-state index is 0.0781. The van der Waals surface area contributed by atoms with Gasteiger partial charge < -0.3 is 10.1 Å². The smallest absolute Gasteiger partial charge is 0.459 e. The number of benzene rings is 1. The Morgan fingerprint density at radius 3 is 2.36 bits per heavy atom. The highest BCUT2D eigenvalue weighted by Crippen LogP contribution is 2.25. The lowest BCUT2D eigenvalue weighted by atomic mass is 9.98. The van der Waals surface area contributed by atoms with E-state index < -0.39 is 18.1 Å². The molecule has 1 fully saturated rings. The van der Waals surface area contributed by atoms with Gasteiger partial charge in [-0.2, -0.15) is 13.2 Å². The molecule has 7 heteroatoms. The van der Waals surface area contributed by atoms with Crippen LogP contribution >= 0.6 is 0 Å². The Labute approximate surface area is 125 Å². The first-order valence-corrected chi connectivity index (χ1v) is 7.06.